The topological polar surface area (TPSA) is 3.24 Å². The average Bonchev–Trinajstić information content (AvgIpc) is 3.67. The third kappa shape index (κ3) is 6.96. The summed E-state index contributed by atoms with van der Waals surface area (Å²) in [5.41, 5.74) is 21.4. The summed E-state index contributed by atoms with van der Waals surface area (Å²) < 4.78 is 0. The number of hydrogen-bond acceptors (Lipinski definition) is 1. The second-order valence-corrected chi connectivity index (χ2v) is 17.7. The Bertz CT molecular complexity index is 3570. The first-order chi connectivity index (χ1) is 33.1. The van der Waals surface area contributed by atoms with E-state index in [9.17, 15) is 0 Å². The zero-order valence-corrected chi connectivity index (χ0v) is 37.4. The lowest BCUT2D eigenvalue weighted by molar-refractivity contribution is 0.714. The van der Waals surface area contributed by atoms with Gasteiger partial charge in [-0.1, -0.05) is 237 Å². The van der Waals surface area contributed by atoms with E-state index in [1.54, 1.807) is 0 Å². The molecule has 1 unspecified atom stereocenters. The van der Waals surface area contributed by atoms with Crippen molar-refractivity contribution in [1.29, 1.82) is 0 Å². The van der Waals surface area contributed by atoms with Crippen LogP contribution in [0.25, 0.3) is 77.5 Å². The largest absolute Gasteiger partial charge is 0.310 e. The molecule has 0 N–H and O–H groups in total. The summed E-state index contributed by atoms with van der Waals surface area (Å²) in [6.07, 6.45) is 0. The van der Waals surface area contributed by atoms with Gasteiger partial charge in [0.05, 0.1) is 5.69 Å². The zero-order chi connectivity index (χ0) is 44.7. The number of anilines is 3. The smallest absolute Gasteiger partial charge is 0.0540 e. The van der Waals surface area contributed by atoms with Gasteiger partial charge < -0.3 is 4.90 Å². The maximum absolute atomic E-state index is 2.47. The molecule has 67 heavy (non-hydrogen) atoms. The molecular weight excluding hydrogens is 807 g/mol. The van der Waals surface area contributed by atoms with Crippen molar-refractivity contribution in [3.63, 3.8) is 0 Å². The summed E-state index contributed by atoms with van der Waals surface area (Å²) in [4.78, 5) is 2.47. The lowest BCUT2D eigenvalue weighted by Crippen LogP contribution is -2.22. The van der Waals surface area contributed by atoms with E-state index in [0.717, 1.165) is 22.6 Å². The maximum atomic E-state index is 2.47. The molecule has 316 valence electrons. The van der Waals surface area contributed by atoms with Gasteiger partial charge in [-0.15, -0.1) is 0 Å². The van der Waals surface area contributed by atoms with Crippen molar-refractivity contribution < 1.29 is 0 Å². The number of nitrogens with zero attached hydrogens (tertiary/aromatic N) is 1. The minimum absolute atomic E-state index is 0.343. The van der Waals surface area contributed by atoms with E-state index in [2.05, 4.69) is 279 Å². The van der Waals surface area contributed by atoms with Crippen molar-refractivity contribution in [3.8, 4) is 66.8 Å². The molecule has 0 spiro atoms. The highest BCUT2D eigenvalue weighted by Gasteiger charge is 2.41. The van der Waals surface area contributed by atoms with Gasteiger partial charge in [0, 0.05) is 22.4 Å². The SMILES string of the molecule is CC1(c2ccccc2)c2ccccc2-c2ccc(N(c3ccc(-c4ccc(-c5cccc6ccccc56)cc4)cc3)c3ccccc3-c3ccccc3-c3ccccc3-c3ccccc3)cc21. The van der Waals surface area contributed by atoms with Crippen LogP contribution in [0.4, 0.5) is 17.1 Å². The lowest BCUT2D eigenvalue weighted by Gasteiger charge is -2.32. The molecule has 1 aliphatic rings. The monoisotopic (exact) mass is 853 g/mol. The highest BCUT2D eigenvalue weighted by atomic mass is 15.1. The standard InChI is InChI=1S/C66H47N/c1-66(51-23-6-3-7-24-51)63-33-16-14-30-60(63)61-44-43-53(45-64(61)66)67(52-41-39-47(40-42-52)46-35-37-50(38-36-46)55-32-18-22-49-21-8-9-25-54(49)55)65-34-17-15-31-62(65)59-29-13-12-28-58(59)57-27-11-10-26-56(57)48-19-4-2-5-20-48/h2-45H,1H3. The predicted molar refractivity (Wildman–Crippen MR) is 283 cm³/mol. The fourth-order valence-electron chi connectivity index (χ4n) is 10.7. The molecule has 0 aromatic heterocycles. The molecule has 0 fully saturated rings. The van der Waals surface area contributed by atoms with Gasteiger partial charge in [-0.25, -0.2) is 0 Å². The first kappa shape index (κ1) is 40.0. The Balaban J connectivity index is 1.01. The van der Waals surface area contributed by atoms with Crippen LogP contribution in [0.1, 0.15) is 23.6 Å². The number of benzene rings is 11. The third-order valence-corrected chi connectivity index (χ3v) is 14.0. The van der Waals surface area contributed by atoms with Crippen LogP contribution in [-0.2, 0) is 5.41 Å². The van der Waals surface area contributed by atoms with Gasteiger partial charge in [0.25, 0.3) is 0 Å². The van der Waals surface area contributed by atoms with Gasteiger partial charge in [-0.2, -0.15) is 0 Å². The first-order valence-electron chi connectivity index (χ1n) is 23.3. The van der Waals surface area contributed by atoms with Crippen molar-refractivity contribution in [2.45, 2.75) is 12.3 Å². The van der Waals surface area contributed by atoms with E-state index >= 15 is 0 Å². The Morgan fingerprint density at radius 2 is 0.746 bits per heavy atom. The lowest BCUT2D eigenvalue weighted by atomic mass is 9.74. The van der Waals surface area contributed by atoms with Crippen molar-refractivity contribution in [2.24, 2.45) is 0 Å². The molecule has 1 atom stereocenters. The molecule has 0 heterocycles. The van der Waals surface area contributed by atoms with E-state index < -0.39 is 0 Å². The summed E-state index contributed by atoms with van der Waals surface area (Å²) in [5.74, 6) is 0. The van der Waals surface area contributed by atoms with Crippen LogP contribution in [0, 0.1) is 0 Å². The van der Waals surface area contributed by atoms with Crippen LogP contribution in [0.2, 0.25) is 0 Å². The molecule has 11 aromatic rings. The molecule has 0 aliphatic heterocycles. The maximum Gasteiger partial charge on any atom is 0.0540 e. The van der Waals surface area contributed by atoms with E-state index in [1.165, 1.54) is 88.7 Å². The molecular formula is C66H47N. The molecule has 0 radical (unpaired) electrons. The van der Waals surface area contributed by atoms with E-state index in [1.807, 2.05) is 0 Å². The Morgan fingerprint density at radius 1 is 0.284 bits per heavy atom. The summed E-state index contributed by atoms with van der Waals surface area (Å²) in [7, 11) is 0. The van der Waals surface area contributed by atoms with Crippen LogP contribution in [-0.4, -0.2) is 0 Å². The van der Waals surface area contributed by atoms with Gasteiger partial charge in [0.2, 0.25) is 0 Å². The fourth-order valence-corrected chi connectivity index (χ4v) is 10.7. The van der Waals surface area contributed by atoms with E-state index in [0.29, 0.717) is 0 Å². The minimum atomic E-state index is -0.343. The second kappa shape index (κ2) is 16.8. The van der Waals surface area contributed by atoms with Crippen LogP contribution in [0.15, 0.2) is 267 Å². The summed E-state index contributed by atoms with van der Waals surface area (Å²) in [6.45, 7) is 2.40. The molecule has 0 saturated carbocycles. The molecule has 12 rings (SSSR count). The molecule has 1 heteroatoms. The molecule has 0 saturated heterocycles. The minimum Gasteiger partial charge on any atom is -0.310 e. The van der Waals surface area contributed by atoms with Gasteiger partial charge in [-0.3, -0.25) is 0 Å². The number of rotatable bonds is 9. The van der Waals surface area contributed by atoms with Crippen LogP contribution >= 0.6 is 0 Å². The predicted octanol–water partition coefficient (Wildman–Crippen LogP) is 18.0. The van der Waals surface area contributed by atoms with E-state index in [4.69, 9.17) is 0 Å². The summed E-state index contributed by atoms with van der Waals surface area (Å²) in [5, 5.41) is 2.52. The highest BCUT2D eigenvalue weighted by Crippen LogP contribution is 2.54. The Morgan fingerprint density at radius 3 is 1.48 bits per heavy atom. The summed E-state index contributed by atoms with van der Waals surface area (Å²) in [6, 6.07) is 97.8. The van der Waals surface area contributed by atoms with Gasteiger partial charge in [-0.05, 0) is 126 Å². The van der Waals surface area contributed by atoms with Gasteiger partial charge in [0.1, 0.15) is 0 Å². The van der Waals surface area contributed by atoms with E-state index in [-0.39, 0.29) is 5.41 Å². The normalized spacial score (nSPS) is 13.8. The second-order valence-electron chi connectivity index (χ2n) is 17.7. The first-order valence-corrected chi connectivity index (χ1v) is 23.3. The Hall–Kier alpha value is -8.52. The van der Waals surface area contributed by atoms with Crippen molar-refractivity contribution in [2.75, 3.05) is 4.90 Å². The molecule has 11 aromatic carbocycles. The zero-order valence-electron chi connectivity index (χ0n) is 37.4. The number of hydrogen-bond donors (Lipinski definition) is 0. The van der Waals surface area contributed by atoms with Crippen LogP contribution in [0.3, 0.4) is 0 Å². The third-order valence-electron chi connectivity index (χ3n) is 14.0. The Labute approximate surface area is 393 Å². The average molecular weight is 854 g/mol. The van der Waals surface area contributed by atoms with Gasteiger partial charge >= 0.3 is 0 Å². The molecule has 1 aliphatic carbocycles. The van der Waals surface area contributed by atoms with Gasteiger partial charge in [0.15, 0.2) is 0 Å². The summed E-state index contributed by atoms with van der Waals surface area (Å²) >= 11 is 0. The van der Waals surface area contributed by atoms with Crippen molar-refractivity contribution in [1.82, 2.24) is 0 Å². The van der Waals surface area contributed by atoms with Crippen LogP contribution < -0.4 is 4.90 Å². The number of fused-ring (bicyclic) bond motifs is 4. The van der Waals surface area contributed by atoms with Crippen molar-refractivity contribution in [3.05, 3.63) is 284 Å². The Kier molecular flexibility index (Phi) is 10.0. The van der Waals surface area contributed by atoms with Crippen molar-refractivity contribution >= 4 is 27.8 Å². The molecule has 0 bridgehead atoms. The molecule has 0 amide bonds. The molecule has 1 nitrogen and oxygen atoms in total. The highest BCUT2D eigenvalue weighted by molar-refractivity contribution is 5.99. The quantitative estimate of drug-likeness (QED) is 0.140. The fraction of sp³-hybridized carbons (Fsp3) is 0.0303. The van der Waals surface area contributed by atoms with Crippen LogP contribution in [0.5, 0.6) is 0 Å². The number of para-hydroxylation sites is 1.